The van der Waals surface area contributed by atoms with Crippen molar-refractivity contribution in [2.24, 2.45) is 0 Å². The van der Waals surface area contributed by atoms with Gasteiger partial charge in [-0.1, -0.05) is 18.2 Å². The van der Waals surface area contributed by atoms with Gasteiger partial charge >= 0.3 is 0 Å². The Morgan fingerprint density at radius 2 is 1.94 bits per heavy atom. The first kappa shape index (κ1) is 22.3. The maximum atomic E-state index is 14.0. The van der Waals surface area contributed by atoms with Gasteiger partial charge in [-0.2, -0.15) is 0 Å². The lowest BCUT2D eigenvalue weighted by Gasteiger charge is -2.41. The Balaban J connectivity index is 1.29. The van der Waals surface area contributed by atoms with Crippen molar-refractivity contribution >= 4 is 34.5 Å². The van der Waals surface area contributed by atoms with Crippen LogP contribution in [0.15, 0.2) is 53.2 Å². The number of fused-ring (bicyclic) bond motifs is 1. The third-order valence-corrected chi connectivity index (χ3v) is 8.40. The largest absolute Gasteiger partial charge is 0.338 e. The van der Waals surface area contributed by atoms with E-state index in [0.717, 1.165) is 23.4 Å². The number of hydrogen-bond donors (Lipinski definition) is 0. The van der Waals surface area contributed by atoms with Gasteiger partial charge in [0.2, 0.25) is 5.91 Å². The Morgan fingerprint density at radius 3 is 2.70 bits per heavy atom. The topological polar surface area (TPSA) is 43.9 Å². The van der Waals surface area contributed by atoms with Crippen molar-refractivity contribution in [2.75, 3.05) is 32.7 Å². The van der Waals surface area contributed by atoms with Gasteiger partial charge in [-0.15, -0.1) is 22.7 Å². The fourth-order valence-electron chi connectivity index (χ4n) is 4.91. The van der Waals surface area contributed by atoms with Crippen LogP contribution in [-0.2, 0) is 11.2 Å². The first-order valence-electron chi connectivity index (χ1n) is 11.2. The monoisotopic (exact) mass is 483 g/mol. The van der Waals surface area contributed by atoms with Crippen LogP contribution in [-0.4, -0.2) is 65.3 Å². The lowest BCUT2D eigenvalue weighted by molar-refractivity contribution is -0.135. The average Bonchev–Trinajstić information content (AvgIpc) is 3.50. The van der Waals surface area contributed by atoms with Crippen molar-refractivity contribution in [1.82, 2.24) is 14.7 Å². The molecule has 0 bridgehead atoms. The molecule has 1 saturated heterocycles. The average molecular weight is 484 g/mol. The minimum absolute atomic E-state index is 0.0387. The van der Waals surface area contributed by atoms with E-state index in [0.29, 0.717) is 19.6 Å². The molecule has 2 amide bonds. The molecular weight excluding hydrogens is 457 g/mol. The second-order valence-electron chi connectivity index (χ2n) is 8.64. The number of carbonyl (C=O) groups is 2. The number of thiophene rings is 2. The zero-order valence-electron chi connectivity index (χ0n) is 18.4. The lowest BCUT2D eigenvalue weighted by Crippen LogP contribution is -2.57. The smallest absolute Gasteiger partial charge is 0.264 e. The summed E-state index contributed by atoms with van der Waals surface area (Å²) in [5.74, 6) is -0.163. The molecular formula is C25H26FN3O2S2. The molecule has 2 unspecified atom stereocenters. The quantitative estimate of drug-likeness (QED) is 0.557. The SMILES string of the molecule is CC1CN(C(=O)CN2CCc3sccc3C2c2cccc(F)c2)CCN1C(=O)c1cccs1. The number of halogens is 1. The number of amides is 2. The van der Waals surface area contributed by atoms with Crippen LogP contribution in [0.4, 0.5) is 4.39 Å². The third-order valence-electron chi connectivity index (χ3n) is 6.54. The lowest BCUT2D eigenvalue weighted by atomic mass is 9.93. The maximum Gasteiger partial charge on any atom is 0.264 e. The van der Waals surface area contributed by atoms with E-state index in [1.54, 1.807) is 23.5 Å². The van der Waals surface area contributed by atoms with E-state index in [1.807, 2.05) is 40.3 Å². The van der Waals surface area contributed by atoms with Crippen molar-refractivity contribution in [1.29, 1.82) is 0 Å². The minimum atomic E-state index is -0.263. The summed E-state index contributed by atoms with van der Waals surface area (Å²) in [4.78, 5) is 34.0. The van der Waals surface area contributed by atoms with Gasteiger partial charge in [0.05, 0.1) is 17.5 Å². The fourth-order valence-corrected chi connectivity index (χ4v) is 6.49. The van der Waals surface area contributed by atoms with Crippen molar-refractivity contribution in [3.05, 3.63) is 79.9 Å². The molecule has 4 heterocycles. The van der Waals surface area contributed by atoms with E-state index in [4.69, 9.17) is 0 Å². The Hall–Kier alpha value is -2.55. The van der Waals surface area contributed by atoms with Gasteiger partial charge in [0.1, 0.15) is 5.82 Å². The van der Waals surface area contributed by atoms with E-state index < -0.39 is 0 Å². The molecule has 3 aromatic rings. The van der Waals surface area contributed by atoms with E-state index >= 15 is 0 Å². The van der Waals surface area contributed by atoms with Gasteiger partial charge in [0.25, 0.3) is 5.91 Å². The highest BCUT2D eigenvalue weighted by molar-refractivity contribution is 7.12. The molecule has 2 aliphatic rings. The van der Waals surface area contributed by atoms with Crippen LogP contribution in [0.5, 0.6) is 0 Å². The summed E-state index contributed by atoms with van der Waals surface area (Å²) in [5.41, 5.74) is 2.05. The third kappa shape index (κ3) is 4.47. The maximum absolute atomic E-state index is 14.0. The molecule has 0 saturated carbocycles. The Kier molecular flexibility index (Phi) is 6.32. The molecule has 1 fully saturated rings. The van der Waals surface area contributed by atoms with Crippen LogP contribution < -0.4 is 0 Å². The van der Waals surface area contributed by atoms with E-state index in [9.17, 15) is 14.0 Å². The Morgan fingerprint density at radius 1 is 1.06 bits per heavy atom. The predicted octanol–water partition coefficient (Wildman–Crippen LogP) is 4.27. The standard InChI is InChI=1S/C25H26FN3O2S2/c1-17-15-27(10-11-29(17)25(31)22-6-3-12-32-22)23(30)16-28-9-7-21-20(8-13-33-21)24(28)18-4-2-5-19(26)14-18/h2-6,8,12-14,17,24H,7,9-11,15-16H2,1H3. The molecule has 5 nitrogen and oxygen atoms in total. The van der Waals surface area contributed by atoms with Gasteiger partial charge in [-0.25, -0.2) is 4.39 Å². The van der Waals surface area contributed by atoms with Crippen molar-refractivity contribution in [3.63, 3.8) is 0 Å². The summed E-state index contributed by atoms with van der Waals surface area (Å²) in [7, 11) is 0. The molecule has 5 rings (SSSR count). The molecule has 0 aliphatic carbocycles. The van der Waals surface area contributed by atoms with Crippen LogP contribution in [0.1, 0.15) is 38.6 Å². The van der Waals surface area contributed by atoms with Crippen LogP contribution >= 0.6 is 22.7 Å². The van der Waals surface area contributed by atoms with Gasteiger partial charge in [0.15, 0.2) is 0 Å². The minimum Gasteiger partial charge on any atom is -0.338 e. The second-order valence-corrected chi connectivity index (χ2v) is 10.6. The number of carbonyl (C=O) groups excluding carboxylic acids is 2. The molecule has 1 aromatic carbocycles. The first-order chi connectivity index (χ1) is 16.0. The van der Waals surface area contributed by atoms with Crippen molar-refractivity contribution in [2.45, 2.75) is 25.4 Å². The summed E-state index contributed by atoms with van der Waals surface area (Å²) in [6.07, 6.45) is 0.894. The molecule has 2 aromatic heterocycles. The molecule has 33 heavy (non-hydrogen) atoms. The fraction of sp³-hybridized carbons (Fsp3) is 0.360. The number of rotatable bonds is 4. The van der Waals surface area contributed by atoms with Crippen LogP contribution in [0.2, 0.25) is 0 Å². The first-order valence-corrected chi connectivity index (χ1v) is 12.9. The van der Waals surface area contributed by atoms with Crippen LogP contribution in [0, 0.1) is 5.82 Å². The van der Waals surface area contributed by atoms with Crippen LogP contribution in [0.25, 0.3) is 0 Å². The van der Waals surface area contributed by atoms with Gasteiger partial charge in [0, 0.05) is 37.1 Å². The molecule has 0 spiro atoms. The number of piperazine rings is 1. The van der Waals surface area contributed by atoms with E-state index in [-0.39, 0.29) is 36.3 Å². The molecule has 0 N–H and O–H groups in total. The van der Waals surface area contributed by atoms with E-state index in [2.05, 4.69) is 16.3 Å². The van der Waals surface area contributed by atoms with Gasteiger partial charge in [-0.3, -0.25) is 14.5 Å². The Bertz CT molecular complexity index is 1150. The second kappa shape index (κ2) is 9.37. The van der Waals surface area contributed by atoms with Crippen LogP contribution in [0.3, 0.4) is 0 Å². The highest BCUT2D eigenvalue weighted by Gasteiger charge is 2.35. The molecule has 2 aliphatic heterocycles. The van der Waals surface area contributed by atoms with Gasteiger partial charge < -0.3 is 9.80 Å². The molecule has 0 radical (unpaired) electrons. The molecule has 172 valence electrons. The zero-order chi connectivity index (χ0) is 22.9. The predicted molar refractivity (Wildman–Crippen MR) is 129 cm³/mol. The normalized spacial score (nSPS) is 21.2. The summed E-state index contributed by atoms with van der Waals surface area (Å²) in [6, 6.07) is 12.4. The Labute approximate surface area is 201 Å². The van der Waals surface area contributed by atoms with E-state index in [1.165, 1.54) is 27.8 Å². The molecule has 8 heteroatoms. The highest BCUT2D eigenvalue weighted by atomic mass is 32.1. The zero-order valence-corrected chi connectivity index (χ0v) is 20.1. The summed E-state index contributed by atoms with van der Waals surface area (Å²) in [6.45, 7) is 4.63. The summed E-state index contributed by atoms with van der Waals surface area (Å²) >= 11 is 3.17. The number of nitrogens with zero attached hydrogens (tertiary/aromatic N) is 3. The summed E-state index contributed by atoms with van der Waals surface area (Å²) < 4.78 is 14.0. The highest BCUT2D eigenvalue weighted by Crippen LogP contribution is 2.37. The van der Waals surface area contributed by atoms with Gasteiger partial charge in [-0.05, 0) is 59.5 Å². The van der Waals surface area contributed by atoms with Crippen molar-refractivity contribution in [3.8, 4) is 0 Å². The summed E-state index contributed by atoms with van der Waals surface area (Å²) in [5, 5.41) is 3.98. The number of benzene rings is 1. The number of hydrogen-bond acceptors (Lipinski definition) is 5. The molecule has 2 atom stereocenters. The van der Waals surface area contributed by atoms with Crippen molar-refractivity contribution < 1.29 is 14.0 Å².